The Hall–Kier alpha value is -1.08. The second kappa shape index (κ2) is 16.8. The summed E-state index contributed by atoms with van der Waals surface area (Å²) < 4.78 is 0. The van der Waals surface area contributed by atoms with Crippen molar-refractivity contribution >= 4 is 0 Å². The standard InChI is InChI=1S/C23H38N/c1-2-3-4-5-6-7-8-9-10-11-12-13-14-15-16-17-18-19-22-24-23-20-21-23/h6-7,9-10,12-13,15-16,23H,2-5,8,11,14,17-22H2,1H3/q-1/b7-6+,10-9+,13-12+,16-15+. The van der Waals surface area contributed by atoms with Gasteiger partial charge in [-0.2, -0.15) is 0 Å². The summed E-state index contributed by atoms with van der Waals surface area (Å²) in [6.45, 7) is 3.34. The van der Waals surface area contributed by atoms with E-state index in [2.05, 4.69) is 60.8 Å². The molecular formula is C23H38N-. The lowest BCUT2D eigenvalue weighted by atomic mass is 10.2. The maximum atomic E-state index is 4.60. The summed E-state index contributed by atoms with van der Waals surface area (Å²) in [5, 5.41) is 4.60. The Morgan fingerprint density at radius 2 is 1.17 bits per heavy atom. The third-order valence-electron chi connectivity index (χ3n) is 4.17. The van der Waals surface area contributed by atoms with Gasteiger partial charge in [0.15, 0.2) is 0 Å². The largest absolute Gasteiger partial charge is 0.660 e. The van der Waals surface area contributed by atoms with E-state index in [1.807, 2.05) is 0 Å². The maximum Gasteiger partial charge on any atom is -0.0169 e. The number of allylic oxidation sites excluding steroid dienone is 8. The van der Waals surface area contributed by atoms with Crippen LogP contribution in [0.25, 0.3) is 5.32 Å². The molecule has 0 radical (unpaired) electrons. The van der Waals surface area contributed by atoms with Crippen molar-refractivity contribution < 1.29 is 0 Å². The first-order chi connectivity index (χ1) is 11.9. The molecular weight excluding hydrogens is 290 g/mol. The molecule has 24 heavy (non-hydrogen) atoms. The molecule has 0 aromatic heterocycles. The number of rotatable bonds is 16. The highest BCUT2D eigenvalue weighted by Crippen LogP contribution is 2.27. The Morgan fingerprint density at radius 3 is 1.67 bits per heavy atom. The molecule has 136 valence electrons. The van der Waals surface area contributed by atoms with Gasteiger partial charge in [-0.3, -0.25) is 0 Å². The van der Waals surface area contributed by atoms with Gasteiger partial charge in [0.1, 0.15) is 0 Å². The van der Waals surface area contributed by atoms with E-state index in [9.17, 15) is 0 Å². The lowest BCUT2D eigenvalue weighted by molar-refractivity contribution is 0.728. The van der Waals surface area contributed by atoms with Gasteiger partial charge in [0, 0.05) is 0 Å². The smallest absolute Gasteiger partial charge is 0.0169 e. The highest BCUT2D eigenvalue weighted by atomic mass is 14.9. The predicted octanol–water partition coefficient (Wildman–Crippen LogP) is 7.67. The van der Waals surface area contributed by atoms with Crippen LogP contribution in [-0.4, -0.2) is 12.6 Å². The first-order valence-electron chi connectivity index (χ1n) is 10.2. The van der Waals surface area contributed by atoms with Crippen molar-refractivity contribution in [3.8, 4) is 0 Å². The van der Waals surface area contributed by atoms with Crippen LogP contribution in [0.1, 0.15) is 84.0 Å². The van der Waals surface area contributed by atoms with Gasteiger partial charge < -0.3 is 5.32 Å². The van der Waals surface area contributed by atoms with Crippen molar-refractivity contribution in [2.45, 2.75) is 90.0 Å². The molecule has 0 aromatic carbocycles. The first-order valence-corrected chi connectivity index (χ1v) is 10.2. The highest BCUT2D eigenvalue weighted by Gasteiger charge is 2.08. The van der Waals surface area contributed by atoms with Crippen LogP contribution in [0.3, 0.4) is 0 Å². The summed E-state index contributed by atoms with van der Waals surface area (Å²) in [5.41, 5.74) is 0. The minimum absolute atomic E-state index is 0.738. The van der Waals surface area contributed by atoms with E-state index < -0.39 is 0 Å². The van der Waals surface area contributed by atoms with Crippen LogP contribution < -0.4 is 0 Å². The molecule has 1 aliphatic carbocycles. The Labute approximate surface area is 151 Å². The van der Waals surface area contributed by atoms with Crippen LogP contribution >= 0.6 is 0 Å². The molecule has 0 N–H and O–H groups in total. The molecule has 1 saturated carbocycles. The lowest BCUT2D eigenvalue weighted by Gasteiger charge is -2.16. The molecule has 1 rings (SSSR count). The van der Waals surface area contributed by atoms with E-state index in [1.165, 1.54) is 57.8 Å². The third kappa shape index (κ3) is 15.8. The SMILES string of the molecule is CCCCC/C=C/C/C=C/C/C=C/C/C=C/CCCC[N-]C1CC1. The molecule has 0 bridgehead atoms. The summed E-state index contributed by atoms with van der Waals surface area (Å²) in [7, 11) is 0. The van der Waals surface area contributed by atoms with Crippen molar-refractivity contribution in [1.82, 2.24) is 0 Å². The van der Waals surface area contributed by atoms with Gasteiger partial charge in [-0.25, -0.2) is 0 Å². The molecule has 1 nitrogen and oxygen atoms in total. The summed E-state index contributed by atoms with van der Waals surface area (Å²) in [6.07, 6.45) is 33.2. The second-order valence-corrected chi connectivity index (χ2v) is 6.72. The summed E-state index contributed by atoms with van der Waals surface area (Å²) in [4.78, 5) is 0. The topological polar surface area (TPSA) is 14.1 Å². The third-order valence-corrected chi connectivity index (χ3v) is 4.17. The van der Waals surface area contributed by atoms with Gasteiger partial charge in [0.25, 0.3) is 0 Å². The average molecular weight is 329 g/mol. The van der Waals surface area contributed by atoms with E-state index in [4.69, 9.17) is 0 Å². The number of nitrogens with zero attached hydrogens (tertiary/aromatic N) is 1. The molecule has 0 amide bonds. The minimum atomic E-state index is 0.738. The average Bonchev–Trinajstić information content (AvgIpc) is 3.41. The van der Waals surface area contributed by atoms with Gasteiger partial charge in [0.05, 0.1) is 0 Å². The van der Waals surface area contributed by atoms with Crippen LogP contribution in [0.4, 0.5) is 0 Å². The Kier molecular flexibility index (Phi) is 14.6. The molecule has 0 spiro atoms. The van der Waals surface area contributed by atoms with Crippen molar-refractivity contribution in [1.29, 1.82) is 0 Å². The second-order valence-electron chi connectivity index (χ2n) is 6.72. The van der Waals surface area contributed by atoms with Crippen LogP contribution in [0.2, 0.25) is 0 Å². The Bertz CT molecular complexity index is 371. The van der Waals surface area contributed by atoms with Crippen molar-refractivity contribution in [2.75, 3.05) is 6.54 Å². The number of unbranched alkanes of at least 4 members (excludes halogenated alkanes) is 5. The maximum absolute atomic E-state index is 4.60. The highest BCUT2D eigenvalue weighted by molar-refractivity contribution is 5.01. The van der Waals surface area contributed by atoms with Gasteiger partial charge in [-0.1, -0.05) is 94.1 Å². The fourth-order valence-electron chi connectivity index (χ4n) is 2.47. The molecule has 0 saturated heterocycles. The van der Waals surface area contributed by atoms with Crippen LogP contribution in [-0.2, 0) is 0 Å². The normalized spacial score (nSPS) is 15.7. The molecule has 0 heterocycles. The lowest BCUT2D eigenvalue weighted by Crippen LogP contribution is -1.87. The molecule has 1 heteroatoms. The first kappa shape index (κ1) is 21.0. The van der Waals surface area contributed by atoms with Crippen molar-refractivity contribution in [2.24, 2.45) is 0 Å². The fourth-order valence-corrected chi connectivity index (χ4v) is 2.47. The Balaban J connectivity index is 1.80. The Morgan fingerprint density at radius 1 is 0.667 bits per heavy atom. The zero-order valence-corrected chi connectivity index (χ0v) is 15.8. The van der Waals surface area contributed by atoms with E-state index >= 15 is 0 Å². The van der Waals surface area contributed by atoms with Gasteiger partial charge in [-0.05, 0) is 38.5 Å². The van der Waals surface area contributed by atoms with Gasteiger partial charge in [0.2, 0.25) is 0 Å². The zero-order valence-electron chi connectivity index (χ0n) is 15.8. The monoisotopic (exact) mass is 328 g/mol. The molecule has 0 aromatic rings. The fraction of sp³-hybridized carbons (Fsp3) is 0.652. The molecule has 0 atom stereocenters. The minimum Gasteiger partial charge on any atom is -0.660 e. The molecule has 1 aliphatic rings. The van der Waals surface area contributed by atoms with E-state index in [-0.39, 0.29) is 0 Å². The van der Waals surface area contributed by atoms with Crippen LogP contribution in [0.15, 0.2) is 48.6 Å². The van der Waals surface area contributed by atoms with Crippen molar-refractivity contribution in [3.63, 3.8) is 0 Å². The van der Waals surface area contributed by atoms with E-state index in [0.717, 1.165) is 31.8 Å². The van der Waals surface area contributed by atoms with Crippen LogP contribution in [0, 0.1) is 0 Å². The van der Waals surface area contributed by atoms with Crippen molar-refractivity contribution in [3.05, 3.63) is 53.9 Å². The van der Waals surface area contributed by atoms with E-state index in [0.29, 0.717) is 0 Å². The zero-order chi connectivity index (χ0) is 17.1. The molecule has 1 fully saturated rings. The van der Waals surface area contributed by atoms with Crippen LogP contribution in [0.5, 0.6) is 0 Å². The molecule has 0 aliphatic heterocycles. The summed E-state index contributed by atoms with van der Waals surface area (Å²) in [6, 6.07) is 0.738. The quantitative estimate of drug-likeness (QED) is 0.204. The van der Waals surface area contributed by atoms with E-state index in [1.54, 1.807) is 0 Å². The predicted molar refractivity (Wildman–Crippen MR) is 110 cm³/mol. The van der Waals surface area contributed by atoms with Gasteiger partial charge >= 0.3 is 0 Å². The number of hydrogen-bond donors (Lipinski definition) is 0. The summed E-state index contributed by atoms with van der Waals surface area (Å²) >= 11 is 0. The number of hydrogen-bond acceptors (Lipinski definition) is 0. The summed E-state index contributed by atoms with van der Waals surface area (Å²) in [5.74, 6) is 0. The molecule has 0 unspecified atom stereocenters. The van der Waals surface area contributed by atoms with Gasteiger partial charge in [-0.15, -0.1) is 12.6 Å².